The number of H-pyrrole nitrogens is 1. The zero-order chi connectivity index (χ0) is 20.9. The average molecular weight is 421 g/mol. The van der Waals surface area contributed by atoms with Gasteiger partial charge in [0.25, 0.3) is 0 Å². The molecule has 1 atom stereocenters. The fraction of sp³-hybridized carbons (Fsp3) is 0.348. The van der Waals surface area contributed by atoms with Crippen molar-refractivity contribution < 1.29 is 13.2 Å². The first-order valence-electron chi connectivity index (χ1n) is 10.7. The first-order chi connectivity index (χ1) is 15.1. The molecule has 8 heteroatoms. The Bertz CT molecular complexity index is 1240. The van der Waals surface area contributed by atoms with Crippen LogP contribution in [0, 0.1) is 23.5 Å². The number of rotatable bonds is 4. The summed E-state index contributed by atoms with van der Waals surface area (Å²) in [6, 6.07) is 7.91. The fourth-order valence-electron chi connectivity index (χ4n) is 5.14. The average Bonchev–Trinajstić information content (AvgIpc) is 3.45. The van der Waals surface area contributed by atoms with Crippen molar-refractivity contribution in [3.63, 3.8) is 0 Å². The monoisotopic (exact) mass is 421 g/mol. The Kier molecular flexibility index (Phi) is 4.26. The summed E-state index contributed by atoms with van der Waals surface area (Å²) < 4.78 is 33.6. The molecule has 1 aromatic carbocycles. The number of halogens is 2. The molecule has 31 heavy (non-hydrogen) atoms. The maximum absolute atomic E-state index is 14.2. The third kappa shape index (κ3) is 3.26. The van der Waals surface area contributed by atoms with Crippen molar-refractivity contribution in [1.82, 2.24) is 20.2 Å². The van der Waals surface area contributed by atoms with E-state index < -0.39 is 11.6 Å². The Morgan fingerprint density at radius 2 is 1.94 bits per heavy atom. The van der Waals surface area contributed by atoms with Crippen LogP contribution in [0.5, 0.6) is 0 Å². The first-order valence-corrected chi connectivity index (χ1v) is 10.7. The summed E-state index contributed by atoms with van der Waals surface area (Å²) in [6.45, 7) is 0. The van der Waals surface area contributed by atoms with Crippen LogP contribution in [-0.4, -0.2) is 26.2 Å². The lowest BCUT2D eigenvalue weighted by atomic mass is 9.68. The first kappa shape index (κ1) is 18.5. The van der Waals surface area contributed by atoms with Crippen LogP contribution in [0.4, 0.5) is 14.6 Å². The van der Waals surface area contributed by atoms with E-state index in [1.54, 1.807) is 12.3 Å². The maximum atomic E-state index is 14.2. The van der Waals surface area contributed by atoms with Crippen molar-refractivity contribution in [1.29, 1.82) is 0 Å². The van der Waals surface area contributed by atoms with E-state index in [-0.39, 0.29) is 5.52 Å². The molecule has 0 radical (unpaired) electrons. The van der Waals surface area contributed by atoms with Crippen LogP contribution < -0.4 is 5.32 Å². The molecule has 0 spiro atoms. The molecule has 0 aliphatic heterocycles. The molecule has 6 nitrogen and oxygen atoms in total. The minimum absolute atomic E-state index is 0.0579. The lowest BCUT2D eigenvalue weighted by Gasteiger charge is -2.42. The Labute approximate surface area is 177 Å². The molecule has 2 N–H and O–H groups in total. The number of fused-ring (bicyclic) bond motifs is 4. The second-order valence-electron chi connectivity index (χ2n) is 8.59. The van der Waals surface area contributed by atoms with Crippen LogP contribution in [0.2, 0.25) is 0 Å². The topological polar surface area (TPSA) is 79.6 Å². The van der Waals surface area contributed by atoms with Crippen LogP contribution in [0.25, 0.3) is 33.9 Å². The Balaban J connectivity index is 1.45. The van der Waals surface area contributed by atoms with E-state index in [1.165, 1.54) is 31.7 Å². The van der Waals surface area contributed by atoms with Crippen molar-refractivity contribution in [2.24, 2.45) is 11.8 Å². The number of aromatic amines is 1. The lowest BCUT2D eigenvalue weighted by molar-refractivity contribution is 0.157. The van der Waals surface area contributed by atoms with E-state index in [0.717, 1.165) is 18.4 Å². The summed E-state index contributed by atoms with van der Waals surface area (Å²) in [5.74, 6) is 1.60. The van der Waals surface area contributed by atoms with Crippen molar-refractivity contribution in [2.75, 3.05) is 5.32 Å². The van der Waals surface area contributed by atoms with Crippen LogP contribution in [0.15, 0.2) is 41.0 Å². The maximum Gasteiger partial charge on any atom is 0.180 e. The largest absolute Gasteiger partial charge is 0.463 e. The molecular weight excluding hydrogens is 400 g/mol. The summed E-state index contributed by atoms with van der Waals surface area (Å²) in [5.41, 5.74) is 1.02. The van der Waals surface area contributed by atoms with Crippen LogP contribution in [0.1, 0.15) is 32.1 Å². The summed E-state index contributed by atoms with van der Waals surface area (Å²) in [4.78, 5) is 9.30. The summed E-state index contributed by atoms with van der Waals surface area (Å²) in [6.07, 6.45) is 7.84. The van der Waals surface area contributed by atoms with E-state index in [0.29, 0.717) is 46.1 Å². The van der Waals surface area contributed by atoms with Gasteiger partial charge in [-0.05, 0) is 49.3 Å². The Morgan fingerprint density at radius 1 is 1.06 bits per heavy atom. The molecule has 1 unspecified atom stereocenters. The normalized spacial score (nSPS) is 22.8. The van der Waals surface area contributed by atoms with Gasteiger partial charge in [-0.3, -0.25) is 5.10 Å². The Morgan fingerprint density at radius 3 is 2.68 bits per heavy atom. The molecule has 158 valence electrons. The van der Waals surface area contributed by atoms with E-state index in [9.17, 15) is 8.78 Å². The van der Waals surface area contributed by atoms with Crippen LogP contribution in [0.3, 0.4) is 0 Å². The zero-order valence-corrected chi connectivity index (χ0v) is 16.7. The number of nitrogens with one attached hydrogen (secondary N) is 2. The molecule has 0 amide bonds. The highest BCUT2D eigenvalue weighted by molar-refractivity contribution is 5.92. The number of nitrogens with zero attached hydrogens (tertiary/aromatic N) is 3. The minimum atomic E-state index is -0.726. The number of hydrogen-bond acceptors (Lipinski definition) is 5. The molecule has 3 aromatic heterocycles. The fourth-order valence-corrected chi connectivity index (χ4v) is 5.14. The summed E-state index contributed by atoms with van der Waals surface area (Å²) in [7, 11) is 0. The third-order valence-electron chi connectivity index (χ3n) is 6.68. The van der Waals surface area contributed by atoms with Crippen molar-refractivity contribution in [3.8, 4) is 23.0 Å². The van der Waals surface area contributed by atoms with Gasteiger partial charge in [-0.1, -0.05) is 12.8 Å². The molecular formula is C23H21F2N5O. The lowest BCUT2D eigenvalue weighted by Crippen LogP contribution is -2.40. The van der Waals surface area contributed by atoms with Gasteiger partial charge in [-0.15, -0.1) is 0 Å². The smallest absolute Gasteiger partial charge is 0.180 e. The second-order valence-corrected chi connectivity index (χ2v) is 8.59. The SMILES string of the molecule is Fc1cc(F)c2n[nH]c(-c3nc(NC4CC5CCC4CC5)cc(-c4ccco4)n3)c2c1. The predicted molar refractivity (Wildman–Crippen MR) is 112 cm³/mol. The van der Waals surface area contributed by atoms with Gasteiger partial charge >= 0.3 is 0 Å². The number of furan rings is 1. The molecule has 2 bridgehead atoms. The number of hydrogen-bond donors (Lipinski definition) is 2. The second kappa shape index (κ2) is 7.14. The van der Waals surface area contributed by atoms with Gasteiger partial charge in [0, 0.05) is 23.6 Å². The van der Waals surface area contributed by atoms with Gasteiger partial charge in [0.15, 0.2) is 17.4 Å². The van der Waals surface area contributed by atoms with Crippen molar-refractivity contribution in [2.45, 2.75) is 38.1 Å². The third-order valence-corrected chi connectivity index (χ3v) is 6.68. The number of anilines is 1. The van der Waals surface area contributed by atoms with Crippen molar-refractivity contribution in [3.05, 3.63) is 48.2 Å². The zero-order valence-electron chi connectivity index (χ0n) is 16.7. The minimum Gasteiger partial charge on any atom is -0.463 e. The molecule has 3 heterocycles. The van der Waals surface area contributed by atoms with E-state index in [4.69, 9.17) is 9.40 Å². The molecule has 4 aromatic rings. The molecule has 3 saturated carbocycles. The van der Waals surface area contributed by atoms with Gasteiger partial charge in [0.2, 0.25) is 0 Å². The van der Waals surface area contributed by atoms with Gasteiger partial charge in [-0.25, -0.2) is 18.7 Å². The van der Waals surface area contributed by atoms with Gasteiger partial charge in [0.05, 0.1) is 6.26 Å². The highest BCUT2D eigenvalue weighted by Crippen LogP contribution is 2.42. The number of aromatic nitrogens is 4. The van der Waals surface area contributed by atoms with E-state index >= 15 is 0 Å². The molecule has 3 aliphatic rings. The van der Waals surface area contributed by atoms with Gasteiger partial charge < -0.3 is 9.73 Å². The van der Waals surface area contributed by atoms with E-state index in [1.807, 2.05) is 12.1 Å². The number of benzene rings is 1. The molecule has 7 rings (SSSR count). The van der Waals surface area contributed by atoms with Crippen LogP contribution in [-0.2, 0) is 0 Å². The Hall–Kier alpha value is -3.29. The standard InChI is InChI=1S/C23H21F2N5O/c24-14-9-15-21(16(25)10-14)29-30-22(15)23-27-18(19-2-1-7-31-19)11-20(28-23)26-17-8-12-3-5-13(17)6-4-12/h1-2,7,9-13,17H,3-6,8H2,(H,29,30)(H,26,27,28). The highest BCUT2D eigenvalue weighted by Gasteiger charge is 2.35. The highest BCUT2D eigenvalue weighted by atomic mass is 19.1. The molecule has 3 fully saturated rings. The molecule has 0 saturated heterocycles. The van der Waals surface area contributed by atoms with Gasteiger partial charge in [0.1, 0.15) is 28.5 Å². The summed E-state index contributed by atoms with van der Waals surface area (Å²) >= 11 is 0. The van der Waals surface area contributed by atoms with Gasteiger partial charge in [-0.2, -0.15) is 5.10 Å². The van der Waals surface area contributed by atoms with Crippen LogP contribution >= 0.6 is 0 Å². The van der Waals surface area contributed by atoms with E-state index in [2.05, 4.69) is 20.5 Å². The predicted octanol–water partition coefficient (Wildman–Crippen LogP) is 5.55. The summed E-state index contributed by atoms with van der Waals surface area (Å²) in [5, 5.41) is 10.7. The molecule has 3 aliphatic carbocycles. The van der Waals surface area contributed by atoms with Crippen molar-refractivity contribution >= 4 is 16.7 Å². The quantitative estimate of drug-likeness (QED) is 0.452.